The normalized spacial score (nSPS) is 12.3. The van der Waals surface area contributed by atoms with Gasteiger partial charge in [0.1, 0.15) is 11.5 Å². The van der Waals surface area contributed by atoms with E-state index in [0.717, 1.165) is 5.56 Å². The van der Waals surface area contributed by atoms with Crippen LogP contribution in [0.4, 0.5) is 18.9 Å². The molecule has 116 valence electrons. The molecule has 0 N–H and O–H groups in total. The van der Waals surface area contributed by atoms with Crippen molar-refractivity contribution in [3.63, 3.8) is 0 Å². The van der Waals surface area contributed by atoms with Gasteiger partial charge in [-0.05, 0) is 36.8 Å². The molecule has 0 radical (unpaired) electrons. The van der Waals surface area contributed by atoms with Crippen LogP contribution >= 0.6 is 0 Å². The number of benzene rings is 2. The molecule has 0 saturated heterocycles. The van der Waals surface area contributed by atoms with Crippen LogP contribution in [0.2, 0.25) is 0 Å². The number of hydrogen-bond donors (Lipinski definition) is 0. The van der Waals surface area contributed by atoms with Crippen molar-refractivity contribution in [1.82, 2.24) is 0 Å². The van der Waals surface area contributed by atoms with Gasteiger partial charge in [0.15, 0.2) is 0 Å². The molecular formula is C17H16F3NO. The Morgan fingerprint density at radius 1 is 1.09 bits per heavy atom. The van der Waals surface area contributed by atoms with E-state index in [4.69, 9.17) is 4.74 Å². The summed E-state index contributed by atoms with van der Waals surface area (Å²) in [6.45, 7) is 1.84. The van der Waals surface area contributed by atoms with Gasteiger partial charge < -0.3 is 4.74 Å². The second kappa shape index (κ2) is 6.64. The molecule has 0 aromatic heterocycles. The first-order valence-electron chi connectivity index (χ1n) is 6.73. The molecule has 22 heavy (non-hydrogen) atoms. The molecule has 2 aromatic rings. The van der Waals surface area contributed by atoms with E-state index in [1.54, 1.807) is 30.3 Å². The molecule has 0 heterocycles. The van der Waals surface area contributed by atoms with E-state index in [-0.39, 0.29) is 12.1 Å². The van der Waals surface area contributed by atoms with Gasteiger partial charge in [0, 0.05) is 6.42 Å². The van der Waals surface area contributed by atoms with E-state index in [9.17, 15) is 13.2 Å². The van der Waals surface area contributed by atoms with E-state index >= 15 is 0 Å². The predicted molar refractivity (Wildman–Crippen MR) is 81.0 cm³/mol. The van der Waals surface area contributed by atoms with E-state index < -0.39 is 11.9 Å². The average molecular weight is 307 g/mol. The fourth-order valence-electron chi connectivity index (χ4n) is 2.03. The first-order chi connectivity index (χ1) is 10.4. The number of ether oxygens (including phenoxy) is 1. The van der Waals surface area contributed by atoms with E-state index in [0.29, 0.717) is 11.3 Å². The Kier molecular flexibility index (Phi) is 4.85. The fraction of sp³-hybridized carbons (Fsp3) is 0.235. The van der Waals surface area contributed by atoms with Crippen LogP contribution in [0.25, 0.3) is 0 Å². The molecule has 2 nitrogen and oxygen atoms in total. The lowest BCUT2D eigenvalue weighted by atomic mass is 10.1. The number of nitrogens with zero attached hydrogens (tertiary/aromatic N) is 1. The first kappa shape index (κ1) is 16.1. The lowest BCUT2D eigenvalue weighted by Crippen LogP contribution is -2.25. The maximum Gasteiger partial charge on any atom is 0.429 e. The van der Waals surface area contributed by atoms with Crippen LogP contribution in [0.1, 0.15) is 11.1 Å². The van der Waals surface area contributed by atoms with Crippen LogP contribution in [-0.2, 0) is 6.42 Å². The Hall–Kier alpha value is -2.30. The number of methoxy groups -OCH3 is 1. The minimum absolute atomic E-state index is 0.251. The summed E-state index contributed by atoms with van der Waals surface area (Å²) >= 11 is 0. The van der Waals surface area contributed by atoms with Crippen molar-refractivity contribution >= 4 is 11.4 Å². The van der Waals surface area contributed by atoms with E-state index in [1.165, 1.54) is 19.2 Å². The number of alkyl halides is 3. The predicted octanol–water partition coefficient (Wildman–Crippen LogP) is 4.88. The third-order valence-corrected chi connectivity index (χ3v) is 3.12. The standard InChI is InChI=1S/C17H16F3NO/c1-12-4-3-5-13(10-12)11-16(17(18,19)20)21-14-6-8-15(22-2)9-7-14/h3-10H,11H2,1-2H3. The molecule has 0 unspecified atom stereocenters. The second-order valence-corrected chi connectivity index (χ2v) is 4.92. The zero-order valence-electron chi connectivity index (χ0n) is 12.3. The number of rotatable bonds is 4. The van der Waals surface area contributed by atoms with Crippen molar-refractivity contribution in [2.24, 2.45) is 4.99 Å². The number of aryl methyl sites for hydroxylation is 1. The van der Waals surface area contributed by atoms with Gasteiger partial charge in [-0.2, -0.15) is 13.2 Å². The van der Waals surface area contributed by atoms with Crippen LogP contribution < -0.4 is 4.74 Å². The average Bonchev–Trinajstić information content (AvgIpc) is 2.46. The van der Waals surface area contributed by atoms with Crippen LogP contribution in [-0.4, -0.2) is 19.0 Å². The molecule has 0 spiro atoms. The first-order valence-corrected chi connectivity index (χ1v) is 6.73. The molecule has 0 aliphatic rings. The van der Waals surface area contributed by atoms with Crippen molar-refractivity contribution in [1.29, 1.82) is 0 Å². The van der Waals surface area contributed by atoms with Gasteiger partial charge in [0.2, 0.25) is 0 Å². The maximum atomic E-state index is 13.2. The third kappa shape index (κ3) is 4.35. The van der Waals surface area contributed by atoms with E-state index in [1.807, 2.05) is 13.0 Å². The Morgan fingerprint density at radius 3 is 2.32 bits per heavy atom. The summed E-state index contributed by atoms with van der Waals surface area (Å²) in [4.78, 5) is 3.77. The number of halogens is 3. The minimum Gasteiger partial charge on any atom is -0.497 e. The second-order valence-electron chi connectivity index (χ2n) is 4.92. The maximum absolute atomic E-state index is 13.2. The lowest BCUT2D eigenvalue weighted by Gasteiger charge is -2.11. The summed E-state index contributed by atoms with van der Waals surface area (Å²) in [6, 6.07) is 13.2. The molecule has 2 aromatic carbocycles. The molecule has 0 amide bonds. The summed E-state index contributed by atoms with van der Waals surface area (Å²) in [6.07, 6.45) is -4.72. The van der Waals surface area contributed by atoms with Gasteiger partial charge in [-0.15, -0.1) is 0 Å². The zero-order chi connectivity index (χ0) is 16.2. The van der Waals surface area contributed by atoms with Crippen LogP contribution in [0.15, 0.2) is 53.5 Å². The number of aliphatic imine (C=N–C) groups is 1. The molecule has 0 saturated carbocycles. The van der Waals surface area contributed by atoms with E-state index in [2.05, 4.69) is 4.99 Å². The SMILES string of the molecule is COc1ccc(N=C(Cc2cccc(C)c2)C(F)(F)F)cc1. The van der Waals surface area contributed by atoms with Crippen LogP contribution in [0.3, 0.4) is 0 Å². The molecule has 0 fully saturated rings. The molecule has 5 heteroatoms. The Morgan fingerprint density at radius 2 is 1.77 bits per heavy atom. The summed E-state index contributed by atoms with van der Waals surface area (Å²) in [5.74, 6) is 0.575. The minimum atomic E-state index is -4.47. The molecule has 0 atom stereocenters. The third-order valence-electron chi connectivity index (χ3n) is 3.12. The highest BCUT2D eigenvalue weighted by Gasteiger charge is 2.35. The van der Waals surface area contributed by atoms with Crippen molar-refractivity contribution in [3.8, 4) is 5.75 Å². The van der Waals surface area contributed by atoms with Crippen LogP contribution in [0, 0.1) is 6.92 Å². The van der Waals surface area contributed by atoms with Crippen molar-refractivity contribution in [2.45, 2.75) is 19.5 Å². The quantitative estimate of drug-likeness (QED) is 0.738. The monoisotopic (exact) mass is 307 g/mol. The van der Waals surface area contributed by atoms with Gasteiger partial charge >= 0.3 is 6.18 Å². The highest BCUT2D eigenvalue weighted by atomic mass is 19.4. The Balaban J connectivity index is 2.31. The van der Waals surface area contributed by atoms with Crippen molar-refractivity contribution in [2.75, 3.05) is 7.11 Å². The number of hydrogen-bond acceptors (Lipinski definition) is 2. The largest absolute Gasteiger partial charge is 0.497 e. The summed E-state index contributed by atoms with van der Waals surface area (Å²) < 4.78 is 44.5. The summed E-state index contributed by atoms with van der Waals surface area (Å²) in [7, 11) is 1.50. The summed E-state index contributed by atoms with van der Waals surface area (Å²) in [5, 5.41) is 0. The van der Waals surface area contributed by atoms with Gasteiger partial charge in [-0.3, -0.25) is 0 Å². The fourth-order valence-corrected chi connectivity index (χ4v) is 2.03. The van der Waals surface area contributed by atoms with Crippen molar-refractivity contribution < 1.29 is 17.9 Å². The molecule has 0 bridgehead atoms. The Labute approximate surface area is 127 Å². The highest BCUT2D eigenvalue weighted by molar-refractivity contribution is 5.93. The molecular weight excluding hydrogens is 291 g/mol. The van der Waals surface area contributed by atoms with Gasteiger partial charge in [-0.25, -0.2) is 4.99 Å². The molecule has 0 aliphatic heterocycles. The van der Waals surface area contributed by atoms with Gasteiger partial charge in [0.05, 0.1) is 12.8 Å². The van der Waals surface area contributed by atoms with Gasteiger partial charge in [0.25, 0.3) is 0 Å². The van der Waals surface area contributed by atoms with Crippen LogP contribution in [0.5, 0.6) is 5.75 Å². The molecule has 0 aliphatic carbocycles. The molecule has 2 rings (SSSR count). The highest BCUT2D eigenvalue weighted by Crippen LogP contribution is 2.25. The topological polar surface area (TPSA) is 21.6 Å². The Bertz CT molecular complexity index is 660. The lowest BCUT2D eigenvalue weighted by molar-refractivity contribution is -0.0600. The zero-order valence-corrected chi connectivity index (χ0v) is 12.3. The van der Waals surface area contributed by atoms with Crippen molar-refractivity contribution in [3.05, 3.63) is 59.7 Å². The van der Waals surface area contributed by atoms with Gasteiger partial charge in [-0.1, -0.05) is 29.8 Å². The smallest absolute Gasteiger partial charge is 0.429 e. The summed E-state index contributed by atoms with van der Waals surface area (Å²) in [5.41, 5.74) is 0.942.